The minimum Gasteiger partial charge on any atom is -0.443 e. The molecule has 54 heavy (non-hydrogen) atoms. The van der Waals surface area contributed by atoms with Gasteiger partial charge >= 0.3 is 6.09 Å². The molecule has 0 bridgehead atoms. The summed E-state index contributed by atoms with van der Waals surface area (Å²) >= 11 is 1.59. The van der Waals surface area contributed by atoms with Crippen molar-refractivity contribution in [1.82, 2.24) is 9.97 Å². The van der Waals surface area contributed by atoms with Crippen LogP contribution in [0.5, 0.6) is 0 Å². The van der Waals surface area contributed by atoms with Crippen LogP contribution in [0.3, 0.4) is 0 Å². The van der Waals surface area contributed by atoms with Crippen molar-refractivity contribution >= 4 is 47.5 Å². The molecule has 0 radical (unpaired) electrons. The van der Waals surface area contributed by atoms with Crippen LogP contribution in [0, 0.1) is 0 Å². The number of nitrogens with zero attached hydrogens (tertiary/aromatic N) is 4. The fraction of sp³-hybridized carbons (Fsp3) is 0.537. The maximum absolute atomic E-state index is 13.3. The highest BCUT2D eigenvalue weighted by molar-refractivity contribution is 7.21. The number of hydrogen-bond donors (Lipinski definition) is 0. The van der Waals surface area contributed by atoms with E-state index in [1.165, 1.54) is 0 Å². The van der Waals surface area contributed by atoms with Gasteiger partial charge in [0.05, 0.1) is 76.2 Å². The molecule has 0 aliphatic rings. The van der Waals surface area contributed by atoms with Crippen molar-refractivity contribution in [2.24, 2.45) is 0 Å². The first-order valence-corrected chi connectivity index (χ1v) is 22.4. The zero-order valence-corrected chi connectivity index (χ0v) is 35.7. The first-order chi connectivity index (χ1) is 25.5. The van der Waals surface area contributed by atoms with Crippen molar-refractivity contribution in [2.45, 2.75) is 65.3 Å². The van der Waals surface area contributed by atoms with Gasteiger partial charge in [0.1, 0.15) is 16.4 Å². The Morgan fingerprint density at radius 2 is 1.28 bits per heavy atom. The molecule has 1 amide bonds. The molecule has 0 saturated carbocycles. The normalized spacial score (nSPS) is 12.3. The van der Waals surface area contributed by atoms with Gasteiger partial charge in [0.2, 0.25) is 0 Å². The summed E-state index contributed by atoms with van der Waals surface area (Å²) in [6, 6.07) is 18.3. The van der Waals surface area contributed by atoms with E-state index in [1.807, 2.05) is 70.2 Å². The third-order valence-electron chi connectivity index (χ3n) is 9.04. The van der Waals surface area contributed by atoms with Crippen molar-refractivity contribution in [1.29, 1.82) is 0 Å². The van der Waals surface area contributed by atoms with Gasteiger partial charge in [-0.05, 0) is 74.8 Å². The Bertz CT molecular complexity index is 1740. The van der Waals surface area contributed by atoms with E-state index in [-0.39, 0.29) is 5.04 Å². The summed E-state index contributed by atoms with van der Waals surface area (Å²) in [6.07, 6.45) is 1.46. The summed E-state index contributed by atoms with van der Waals surface area (Å²) in [7, 11) is 2.22. The van der Waals surface area contributed by atoms with E-state index < -0.39 is 20.0 Å². The van der Waals surface area contributed by atoms with Crippen LogP contribution < -0.4 is 9.80 Å². The highest BCUT2D eigenvalue weighted by Gasteiger charge is 2.36. The summed E-state index contributed by atoms with van der Waals surface area (Å²) in [6.45, 7) is 21.4. The third-order valence-corrected chi connectivity index (χ3v) is 14.6. The molecule has 2 aromatic heterocycles. The molecule has 0 saturated heterocycles. The first kappa shape index (κ1) is 43.3. The summed E-state index contributed by atoms with van der Waals surface area (Å²) < 4.78 is 35.6. The number of pyridine rings is 1. The second-order valence-corrected chi connectivity index (χ2v) is 21.6. The lowest BCUT2D eigenvalue weighted by molar-refractivity contribution is -0.00457. The third kappa shape index (κ3) is 13.4. The second-order valence-electron chi connectivity index (χ2n) is 15.7. The quantitative estimate of drug-likeness (QED) is 0.0638. The molecule has 4 aromatic rings. The predicted molar refractivity (Wildman–Crippen MR) is 223 cm³/mol. The Morgan fingerprint density at radius 3 is 1.81 bits per heavy atom. The van der Waals surface area contributed by atoms with E-state index in [4.69, 9.17) is 33.1 Å². The van der Waals surface area contributed by atoms with Gasteiger partial charge in [0.15, 0.2) is 8.32 Å². The largest absolute Gasteiger partial charge is 0.443 e. The number of anilines is 2. The summed E-state index contributed by atoms with van der Waals surface area (Å²) in [5, 5.41) is 1.10. The van der Waals surface area contributed by atoms with E-state index in [1.54, 1.807) is 16.2 Å². The second kappa shape index (κ2) is 19.9. The minimum absolute atomic E-state index is 0.195. The zero-order chi connectivity index (χ0) is 39.4. The fourth-order valence-corrected chi connectivity index (χ4v) is 6.99. The molecule has 0 aliphatic heterocycles. The van der Waals surface area contributed by atoms with E-state index in [9.17, 15) is 4.79 Å². The van der Waals surface area contributed by atoms with Crippen LogP contribution in [0.15, 0.2) is 60.8 Å². The number of carbonyl (C=O) groups is 1. The Kier molecular flexibility index (Phi) is 16.0. The molecule has 0 spiro atoms. The fourth-order valence-electron chi connectivity index (χ4n) is 4.96. The van der Waals surface area contributed by atoms with Crippen molar-refractivity contribution in [2.75, 3.05) is 89.9 Å². The predicted octanol–water partition coefficient (Wildman–Crippen LogP) is 8.92. The van der Waals surface area contributed by atoms with Crippen molar-refractivity contribution in [3.63, 3.8) is 0 Å². The molecule has 296 valence electrons. The van der Waals surface area contributed by atoms with Gasteiger partial charge in [-0.15, -0.1) is 11.3 Å². The maximum atomic E-state index is 13.3. The Balaban J connectivity index is 1.21. The van der Waals surface area contributed by atoms with Crippen molar-refractivity contribution in [3.8, 4) is 21.7 Å². The standard InChI is InChI=1S/C41H60N4O7SSi/c1-40(2,3)52-39(46)45(19-20-47-21-22-48-23-24-49-25-26-50-27-28-51-54(9,10)41(4,5)6)34-16-17-35-36(29-34)53-38(43-35)32-13-11-31(12-14-32)33-15-18-37(42-30-33)44(7)8/h11-18,29-30H,19-28H2,1-10H3. The molecular formula is C41H60N4O7SSi. The molecule has 4 rings (SSSR count). The number of aromatic nitrogens is 2. The van der Waals surface area contributed by atoms with Crippen LogP contribution in [-0.2, 0) is 28.1 Å². The van der Waals surface area contributed by atoms with Crippen LogP contribution in [0.25, 0.3) is 31.9 Å². The molecule has 2 aromatic carbocycles. The smallest absolute Gasteiger partial charge is 0.414 e. The lowest BCUT2D eigenvalue weighted by atomic mass is 10.1. The number of benzene rings is 2. The van der Waals surface area contributed by atoms with Gasteiger partial charge in [0, 0.05) is 37.1 Å². The SMILES string of the molecule is CN(C)c1ccc(-c2ccc(-c3nc4ccc(N(CCOCCOCCOCCOCCO[Si](C)(C)C(C)(C)C)C(=O)OC(C)(C)C)cc4s3)cc2)cn1. The molecule has 0 fully saturated rings. The summed E-state index contributed by atoms with van der Waals surface area (Å²) in [4.78, 5) is 26.4. The molecule has 11 nitrogen and oxygen atoms in total. The molecule has 2 heterocycles. The average molecular weight is 781 g/mol. The van der Waals surface area contributed by atoms with Gasteiger partial charge in [-0.2, -0.15) is 0 Å². The highest BCUT2D eigenvalue weighted by Crippen LogP contribution is 2.37. The van der Waals surface area contributed by atoms with E-state index >= 15 is 0 Å². The molecule has 13 heteroatoms. The van der Waals surface area contributed by atoms with E-state index in [2.05, 4.69) is 69.2 Å². The van der Waals surface area contributed by atoms with Crippen LogP contribution in [-0.4, -0.2) is 110 Å². The lowest BCUT2D eigenvalue weighted by Gasteiger charge is -2.36. The number of hydrogen-bond acceptors (Lipinski definition) is 11. The molecule has 0 atom stereocenters. The Hall–Kier alpha value is -3.43. The Labute approximate surface area is 327 Å². The van der Waals surface area contributed by atoms with Crippen molar-refractivity contribution < 1.29 is 32.9 Å². The topological polar surface area (TPSA) is 105 Å². The summed E-state index contributed by atoms with van der Waals surface area (Å²) in [5.41, 5.74) is 4.12. The highest BCUT2D eigenvalue weighted by atomic mass is 32.1. The van der Waals surface area contributed by atoms with Crippen LogP contribution in [0.4, 0.5) is 16.3 Å². The van der Waals surface area contributed by atoms with Crippen LogP contribution >= 0.6 is 11.3 Å². The van der Waals surface area contributed by atoms with E-state index in [0.717, 1.165) is 43.4 Å². The molecule has 0 aliphatic carbocycles. The van der Waals surface area contributed by atoms with Gasteiger partial charge in [-0.25, -0.2) is 14.8 Å². The van der Waals surface area contributed by atoms with E-state index in [0.29, 0.717) is 66.0 Å². The molecular weight excluding hydrogens is 721 g/mol. The monoisotopic (exact) mass is 780 g/mol. The number of ether oxygens (including phenoxy) is 5. The number of carbonyl (C=O) groups excluding carboxylic acids is 1. The van der Waals surface area contributed by atoms with Gasteiger partial charge in [-0.3, -0.25) is 4.90 Å². The van der Waals surface area contributed by atoms with Gasteiger partial charge in [-0.1, -0.05) is 45.0 Å². The molecule has 0 unspecified atom stereocenters. The van der Waals surface area contributed by atoms with Gasteiger partial charge < -0.3 is 33.0 Å². The average Bonchev–Trinajstić information content (AvgIpc) is 3.54. The van der Waals surface area contributed by atoms with Crippen LogP contribution in [0.2, 0.25) is 18.1 Å². The number of amides is 1. The number of rotatable bonds is 20. The van der Waals surface area contributed by atoms with Crippen LogP contribution in [0.1, 0.15) is 41.5 Å². The van der Waals surface area contributed by atoms with Crippen molar-refractivity contribution in [3.05, 3.63) is 60.8 Å². The maximum Gasteiger partial charge on any atom is 0.414 e. The molecule has 0 N–H and O–H groups in total. The minimum atomic E-state index is -1.74. The Morgan fingerprint density at radius 1 is 0.722 bits per heavy atom. The zero-order valence-electron chi connectivity index (χ0n) is 33.9. The van der Waals surface area contributed by atoms with Gasteiger partial charge in [0.25, 0.3) is 0 Å². The first-order valence-electron chi connectivity index (χ1n) is 18.6. The lowest BCUT2D eigenvalue weighted by Crippen LogP contribution is -2.41. The summed E-state index contributed by atoms with van der Waals surface area (Å²) in [5.74, 6) is 0.918. The number of fused-ring (bicyclic) bond motifs is 1. The number of thiazole rings is 1.